The lowest BCUT2D eigenvalue weighted by Gasteiger charge is -2.46. The van der Waals surface area contributed by atoms with Crippen LogP contribution in [0.4, 0.5) is 0 Å². The average molecular weight is 425 g/mol. The highest BCUT2D eigenvalue weighted by Crippen LogP contribution is 2.42. The van der Waals surface area contributed by atoms with Crippen LogP contribution in [0.2, 0.25) is 0 Å². The molecule has 2 fully saturated rings. The Labute approximate surface area is 180 Å². The van der Waals surface area contributed by atoms with E-state index in [-0.39, 0.29) is 29.2 Å². The summed E-state index contributed by atoms with van der Waals surface area (Å²) in [5, 5.41) is 2.57. The fraction of sp³-hybridized carbons (Fsp3) is 0.522. The number of furan rings is 1. The number of aromatic nitrogens is 1. The van der Waals surface area contributed by atoms with Gasteiger partial charge in [0.15, 0.2) is 5.76 Å². The Bertz CT molecular complexity index is 1050. The largest absolute Gasteiger partial charge is 0.455 e. The Morgan fingerprint density at radius 1 is 1.13 bits per heavy atom. The maximum atomic E-state index is 13.5. The number of fused-ring (bicyclic) bond motifs is 4. The monoisotopic (exact) mass is 424 g/mol. The Balaban J connectivity index is 1.43. The van der Waals surface area contributed by atoms with Crippen molar-refractivity contribution in [3.8, 4) is 0 Å². The van der Waals surface area contributed by atoms with Crippen molar-refractivity contribution in [1.82, 2.24) is 19.7 Å². The van der Waals surface area contributed by atoms with Gasteiger partial charge in [-0.15, -0.1) is 0 Å². The molecular formula is C23H28N4O4. The molecule has 2 aromatic rings. The number of carbonyl (C=O) groups excluding carboxylic acids is 2. The molecule has 0 aromatic carbocycles. The summed E-state index contributed by atoms with van der Waals surface area (Å²) in [4.78, 5) is 42.3. The Morgan fingerprint density at radius 3 is 2.71 bits per heavy atom. The van der Waals surface area contributed by atoms with Crippen LogP contribution >= 0.6 is 0 Å². The molecule has 8 heteroatoms. The number of carbonyl (C=O) groups is 2. The van der Waals surface area contributed by atoms with E-state index in [0.717, 1.165) is 56.9 Å². The summed E-state index contributed by atoms with van der Waals surface area (Å²) in [6.45, 7) is 3.64. The SMILES string of the molecule is CNC(=O)c1ccc(CN2C[C@@H]3C[C@H](C2)[C@H](C(=O)N2CCCC2)n2c3cccc2=O)o1. The molecule has 3 aliphatic rings. The molecule has 2 saturated heterocycles. The summed E-state index contributed by atoms with van der Waals surface area (Å²) in [6, 6.07) is 8.43. The Morgan fingerprint density at radius 2 is 1.94 bits per heavy atom. The van der Waals surface area contributed by atoms with Gasteiger partial charge in [0.2, 0.25) is 5.91 Å². The van der Waals surface area contributed by atoms with E-state index >= 15 is 0 Å². The minimum absolute atomic E-state index is 0.0767. The van der Waals surface area contributed by atoms with Crippen LogP contribution in [0.3, 0.4) is 0 Å². The van der Waals surface area contributed by atoms with Crippen molar-refractivity contribution in [2.75, 3.05) is 33.2 Å². The first-order chi connectivity index (χ1) is 15.0. The Kier molecular flexibility index (Phi) is 5.17. The second kappa shape index (κ2) is 8.00. The molecule has 164 valence electrons. The molecule has 0 spiro atoms. The number of hydrogen-bond acceptors (Lipinski definition) is 5. The second-order valence-corrected chi connectivity index (χ2v) is 8.87. The maximum absolute atomic E-state index is 13.5. The third-order valence-corrected chi connectivity index (χ3v) is 6.89. The summed E-state index contributed by atoms with van der Waals surface area (Å²) >= 11 is 0. The molecule has 2 aromatic heterocycles. The van der Waals surface area contributed by atoms with Crippen molar-refractivity contribution < 1.29 is 14.0 Å². The van der Waals surface area contributed by atoms with Crippen LogP contribution < -0.4 is 10.9 Å². The molecule has 3 atom stereocenters. The quantitative estimate of drug-likeness (QED) is 0.805. The first-order valence-electron chi connectivity index (χ1n) is 11.1. The van der Waals surface area contributed by atoms with Crippen LogP contribution in [0.15, 0.2) is 39.5 Å². The van der Waals surface area contributed by atoms with Crippen molar-refractivity contribution >= 4 is 11.8 Å². The number of amides is 2. The highest BCUT2D eigenvalue weighted by atomic mass is 16.4. The fourth-order valence-electron chi connectivity index (χ4n) is 5.53. The van der Waals surface area contributed by atoms with Crippen molar-refractivity contribution in [2.45, 2.75) is 37.8 Å². The molecule has 0 unspecified atom stereocenters. The van der Waals surface area contributed by atoms with Crippen LogP contribution in [-0.4, -0.2) is 59.4 Å². The minimum Gasteiger partial charge on any atom is -0.455 e. The molecule has 8 nitrogen and oxygen atoms in total. The molecule has 5 rings (SSSR count). The van der Waals surface area contributed by atoms with Crippen molar-refractivity contribution in [3.05, 3.63) is 57.9 Å². The molecule has 5 heterocycles. The molecule has 0 aliphatic carbocycles. The van der Waals surface area contributed by atoms with Crippen LogP contribution in [-0.2, 0) is 11.3 Å². The van der Waals surface area contributed by atoms with E-state index in [2.05, 4.69) is 10.2 Å². The number of rotatable bonds is 4. The molecular weight excluding hydrogens is 396 g/mol. The van der Waals surface area contributed by atoms with Gasteiger partial charge >= 0.3 is 0 Å². The van der Waals surface area contributed by atoms with E-state index < -0.39 is 6.04 Å². The van der Waals surface area contributed by atoms with Gasteiger partial charge in [-0.25, -0.2) is 0 Å². The standard InChI is InChI=1S/C23H28N4O4/c1-24-22(29)19-8-7-17(31-19)14-25-12-15-11-16(13-25)21(23(30)26-9-2-3-10-26)27-18(15)5-4-6-20(27)28/h4-8,15-16,21H,2-3,9-14H2,1H3,(H,24,29)/t15-,16+,21+/m0/s1. The van der Waals surface area contributed by atoms with Crippen LogP contribution in [0.1, 0.15) is 53.2 Å². The predicted octanol–water partition coefficient (Wildman–Crippen LogP) is 1.58. The van der Waals surface area contributed by atoms with Crippen LogP contribution in [0.5, 0.6) is 0 Å². The minimum atomic E-state index is -0.445. The number of piperidine rings is 1. The zero-order valence-corrected chi connectivity index (χ0v) is 17.8. The lowest BCUT2D eigenvalue weighted by Crippen LogP contribution is -2.53. The van der Waals surface area contributed by atoms with E-state index in [1.807, 2.05) is 17.0 Å². The highest BCUT2D eigenvalue weighted by molar-refractivity contribution is 5.91. The van der Waals surface area contributed by atoms with E-state index in [1.54, 1.807) is 29.8 Å². The first-order valence-corrected chi connectivity index (χ1v) is 11.1. The van der Waals surface area contributed by atoms with Gasteiger partial charge in [0.1, 0.15) is 11.8 Å². The second-order valence-electron chi connectivity index (χ2n) is 8.87. The summed E-state index contributed by atoms with van der Waals surface area (Å²) in [6.07, 6.45) is 2.97. The smallest absolute Gasteiger partial charge is 0.286 e. The molecule has 0 radical (unpaired) electrons. The van der Waals surface area contributed by atoms with E-state index in [1.165, 1.54) is 0 Å². The Hall–Kier alpha value is -2.87. The topological polar surface area (TPSA) is 87.8 Å². The summed E-state index contributed by atoms with van der Waals surface area (Å²) in [7, 11) is 1.58. The third kappa shape index (κ3) is 3.59. The van der Waals surface area contributed by atoms with Gasteiger partial charge in [-0.3, -0.25) is 23.9 Å². The van der Waals surface area contributed by atoms with E-state index in [4.69, 9.17) is 4.42 Å². The van der Waals surface area contributed by atoms with Crippen LogP contribution in [0.25, 0.3) is 0 Å². The summed E-state index contributed by atoms with van der Waals surface area (Å²) < 4.78 is 7.49. The van der Waals surface area contributed by atoms with Crippen molar-refractivity contribution in [1.29, 1.82) is 0 Å². The van der Waals surface area contributed by atoms with Gasteiger partial charge in [-0.1, -0.05) is 6.07 Å². The van der Waals surface area contributed by atoms with Gasteiger partial charge in [-0.05, 0) is 37.5 Å². The lowest BCUT2D eigenvalue weighted by atomic mass is 9.78. The van der Waals surface area contributed by atoms with Gasteiger partial charge in [0.05, 0.1) is 6.54 Å². The molecule has 1 N–H and O–H groups in total. The van der Waals surface area contributed by atoms with E-state index in [9.17, 15) is 14.4 Å². The van der Waals surface area contributed by atoms with Crippen molar-refractivity contribution in [2.24, 2.45) is 5.92 Å². The highest BCUT2D eigenvalue weighted by Gasteiger charge is 2.45. The molecule has 2 bridgehead atoms. The number of hydrogen-bond donors (Lipinski definition) is 1. The maximum Gasteiger partial charge on any atom is 0.286 e. The molecule has 3 aliphatic heterocycles. The fourth-order valence-corrected chi connectivity index (χ4v) is 5.53. The number of nitrogens with one attached hydrogen (secondary N) is 1. The van der Waals surface area contributed by atoms with Gasteiger partial charge in [0, 0.05) is 56.8 Å². The number of nitrogens with zero attached hydrogens (tertiary/aromatic N) is 3. The lowest BCUT2D eigenvalue weighted by molar-refractivity contribution is -0.137. The number of pyridine rings is 1. The zero-order chi connectivity index (χ0) is 21.5. The number of likely N-dealkylation sites (tertiary alicyclic amines) is 2. The average Bonchev–Trinajstić information content (AvgIpc) is 3.46. The van der Waals surface area contributed by atoms with Gasteiger partial charge in [-0.2, -0.15) is 0 Å². The zero-order valence-electron chi connectivity index (χ0n) is 17.8. The normalized spacial score (nSPS) is 25.3. The predicted molar refractivity (Wildman–Crippen MR) is 114 cm³/mol. The molecule has 31 heavy (non-hydrogen) atoms. The van der Waals surface area contributed by atoms with Gasteiger partial charge < -0.3 is 14.6 Å². The van der Waals surface area contributed by atoms with Gasteiger partial charge in [0.25, 0.3) is 11.5 Å². The summed E-state index contributed by atoms with van der Waals surface area (Å²) in [5.74, 6) is 1.14. The summed E-state index contributed by atoms with van der Waals surface area (Å²) in [5.41, 5.74) is 0.871. The van der Waals surface area contributed by atoms with Crippen molar-refractivity contribution in [3.63, 3.8) is 0 Å². The molecule has 0 saturated carbocycles. The first kappa shape index (κ1) is 20.1. The van der Waals surface area contributed by atoms with E-state index in [0.29, 0.717) is 12.3 Å². The van der Waals surface area contributed by atoms with Crippen LogP contribution in [0, 0.1) is 5.92 Å². The third-order valence-electron chi connectivity index (χ3n) is 6.89. The molecule has 2 amide bonds.